The number of esters is 1. The fourth-order valence-electron chi connectivity index (χ4n) is 3.36. The minimum atomic E-state index is -0.368. The Morgan fingerprint density at radius 2 is 1.79 bits per heavy atom. The predicted molar refractivity (Wildman–Crippen MR) is 106 cm³/mol. The summed E-state index contributed by atoms with van der Waals surface area (Å²) in [6.45, 7) is 2.27. The van der Waals surface area contributed by atoms with E-state index in [1.54, 1.807) is 25.1 Å². The van der Waals surface area contributed by atoms with Crippen LogP contribution in [0.3, 0.4) is 0 Å². The molecule has 0 spiro atoms. The van der Waals surface area contributed by atoms with Gasteiger partial charge in [0.1, 0.15) is 12.4 Å². The maximum absolute atomic E-state index is 13.0. The molecule has 0 bridgehead atoms. The van der Waals surface area contributed by atoms with Gasteiger partial charge in [-0.15, -0.1) is 0 Å². The van der Waals surface area contributed by atoms with Crippen LogP contribution in [0, 0.1) is 0 Å². The molecular formula is C21H20N4O3. The Morgan fingerprint density at radius 1 is 1.07 bits per heavy atom. The van der Waals surface area contributed by atoms with Gasteiger partial charge < -0.3 is 9.30 Å². The van der Waals surface area contributed by atoms with E-state index in [2.05, 4.69) is 10.1 Å². The fourth-order valence-corrected chi connectivity index (χ4v) is 3.36. The van der Waals surface area contributed by atoms with Gasteiger partial charge in [0.2, 0.25) is 0 Å². The number of imidazole rings is 1. The molecule has 0 aliphatic rings. The number of hydrogen-bond donors (Lipinski definition) is 0. The number of ether oxygens (including phenoxy) is 1. The molecule has 7 nitrogen and oxygen atoms in total. The molecule has 142 valence electrons. The standard InChI is InChI=1S/C21H20N4O3/c1-3-28-20(26)12-17-14-8-4-5-9-15(14)21(27)25(23-17)13-19-22-16-10-6-7-11-18(16)24(19)2/h4-11H,3,12-13H2,1-2H3. The highest BCUT2D eigenvalue weighted by atomic mass is 16.5. The van der Waals surface area contributed by atoms with Gasteiger partial charge in [-0.1, -0.05) is 30.3 Å². The van der Waals surface area contributed by atoms with Crippen molar-refractivity contribution in [3.05, 3.63) is 70.4 Å². The van der Waals surface area contributed by atoms with Crippen LogP contribution in [-0.4, -0.2) is 31.9 Å². The molecule has 0 saturated heterocycles. The number of fused-ring (bicyclic) bond motifs is 2. The Balaban J connectivity index is 1.82. The number of nitrogens with zero attached hydrogens (tertiary/aromatic N) is 4. The van der Waals surface area contributed by atoms with Crippen molar-refractivity contribution in [2.24, 2.45) is 7.05 Å². The highest BCUT2D eigenvalue weighted by Gasteiger charge is 2.16. The minimum Gasteiger partial charge on any atom is -0.466 e. The summed E-state index contributed by atoms with van der Waals surface area (Å²) in [5, 5.41) is 5.67. The second-order valence-corrected chi connectivity index (χ2v) is 6.51. The minimum absolute atomic E-state index is 0.0111. The SMILES string of the molecule is CCOC(=O)Cc1nn(Cc2nc3ccccc3n2C)c(=O)c2ccccc12. The van der Waals surface area contributed by atoms with E-state index >= 15 is 0 Å². The zero-order chi connectivity index (χ0) is 19.7. The zero-order valence-electron chi connectivity index (χ0n) is 15.8. The first-order valence-electron chi connectivity index (χ1n) is 9.13. The lowest BCUT2D eigenvalue weighted by Gasteiger charge is -2.11. The molecule has 2 aromatic carbocycles. The number of benzene rings is 2. The monoisotopic (exact) mass is 376 g/mol. The lowest BCUT2D eigenvalue weighted by molar-refractivity contribution is -0.142. The third-order valence-corrected chi connectivity index (χ3v) is 4.73. The summed E-state index contributed by atoms with van der Waals surface area (Å²) in [7, 11) is 1.91. The summed E-state index contributed by atoms with van der Waals surface area (Å²) in [5.41, 5.74) is 2.15. The Kier molecular flexibility index (Phi) is 4.65. The summed E-state index contributed by atoms with van der Waals surface area (Å²) in [6, 6.07) is 15.0. The van der Waals surface area contributed by atoms with Crippen molar-refractivity contribution in [3.8, 4) is 0 Å². The second-order valence-electron chi connectivity index (χ2n) is 6.51. The second kappa shape index (κ2) is 7.26. The lowest BCUT2D eigenvalue weighted by atomic mass is 10.1. The number of aryl methyl sites for hydroxylation is 1. The van der Waals surface area contributed by atoms with Crippen molar-refractivity contribution in [1.82, 2.24) is 19.3 Å². The van der Waals surface area contributed by atoms with Gasteiger partial charge in [-0.25, -0.2) is 9.67 Å². The average Bonchev–Trinajstić information content (AvgIpc) is 3.01. The third-order valence-electron chi connectivity index (χ3n) is 4.73. The van der Waals surface area contributed by atoms with Crippen molar-refractivity contribution in [1.29, 1.82) is 0 Å². The van der Waals surface area contributed by atoms with Gasteiger partial charge in [0.05, 0.1) is 35.1 Å². The molecule has 2 aromatic heterocycles. The summed E-state index contributed by atoms with van der Waals surface area (Å²) in [5.74, 6) is 0.348. The number of carbonyl (C=O) groups is 1. The molecular weight excluding hydrogens is 356 g/mol. The van der Waals surface area contributed by atoms with Gasteiger partial charge in [-0.3, -0.25) is 9.59 Å². The first-order valence-corrected chi connectivity index (χ1v) is 9.13. The molecule has 0 aliphatic heterocycles. The molecule has 4 aromatic rings. The van der Waals surface area contributed by atoms with Crippen LogP contribution >= 0.6 is 0 Å². The molecule has 4 rings (SSSR count). The normalized spacial score (nSPS) is 11.2. The van der Waals surface area contributed by atoms with E-state index in [0.717, 1.165) is 11.0 Å². The van der Waals surface area contributed by atoms with Gasteiger partial charge in [0.15, 0.2) is 0 Å². The Labute approximate surface area is 161 Å². The van der Waals surface area contributed by atoms with Crippen LogP contribution < -0.4 is 5.56 Å². The smallest absolute Gasteiger partial charge is 0.311 e. The van der Waals surface area contributed by atoms with Gasteiger partial charge in [0.25, 0.3) is 5.56 Å². The van der Waals surface area contributed by atoms with Crippen LogP contribution in [0.15, 0.2) is 53.3 Å². The van der Waals surface area contributed by atoms with Crippen molar-refractivity contribution in [3.63, 3.8) is 0 Å². The summed E-state index contributed by atoms with van der Waals surface area (Å²) in [4.78, 5) is 29.6. The molecule has 28 heavy (non-hydrogen) atoms. The Hall–Kier alpha value is -3.48. The molecule has 0 atom stereocenters. The molecule has 0 radical (unpaired) electrons. The molecule has 0 N–H and O–H groups in total. The molecule has 0 fully saturated rings. The van der Waals surface area contributed by atoms with E-state index in [1.165, 1.54) is 4.68 Å². The molecule has 0 unspecified atom stereocenters. The number of carbonyl (C=O) groups excluding carboxylic acids is 1. The Bertz CT molecular complexity index is 1240. The molecule has 0 amide bonds. The maximum Gasteiger partial charge on any atom is 0.311 e. The highest BCUT2D eigenvalue weighted by molar-refractivity contribution is 5.87. The molecule has 0 saturated carbocycles. The molecule has 2 heterocycles. The maximum atomic E-state index is 13.0. The van der Waals surface area contributed by atoms with Crippen molar-refractivity contribution >= 4 is 27.8 Å². The third kappa shape index (κ3) is 3.15. The van der Waals surface area contributed by atoms with E-state index in [1.807, 2.05) is 41.9 Å². The quantitative estimate of drug-likeness (QED) is 0.500. The molecule has 7 heteroatoms. The first kappa shape index (κ1) is 17.9. The number of rotatable bonds is 5. The predicted octanol–water partition coefficient (Wildman–Crippen LogP) is 2.44. The number of aromatic nitrogens is 4. The first-order chi connectivity index (χ1) is 13.6. The Morgan fingerprint density at radius 3 is 2.54 bits per heavy atom. The highest BCUT2D eigenvalue weighted by Crippen LogP contribution is 2.17. The van der Waals surface area contributed by atoms with Gasteiger partial charge >= 0.3 is 5.97 Å². The van der Waals surface area contributed by atoms with Gasteiger partial charge in [0, 0.05) is 12.4 Å². The number of hydrogen-bond acceptors (Lipinski definition) is 5. The zero-order valence-corrected chi connectivity index (χ0v) is 15.8. The van der Waals surface area contributed by atoms with E-state index in [-0.39, 0.29) is 24.5 Å². The summed E-state index contributed by atoms with van der Waals surface area (Å²) in [6.07, 6.45) is 0.0111. The van der Waals surface area contributed by atoms with Crippen LogP contribution in [0.4, 0.5) is 0 Å². The summed E-state index contributed by atoms with van der Waals surface area (Å²) >= 11 is 0. The van der Waals surface area contributed by atoms with Crippen molar-refractivity contribution in [2.45, 2.75) is 19.9 Å². The van der Waals surface area contributed by atoms with E-state index in [0.29, 0.717) is 28.9 Å². The largest absolute Gasteiger partial charge is 0.466 e. The topological polar surface area (TPSA) is 79.0 Å². The van der Waals surface area contributed by atoms with Crippen molar-refractivity contribution in [2.75, 3.05) is 6.61 Å². The lowest BCUT2D eigenvalue weighted by Crippen LogP contribution is -2.27. The van der Waals surface area contributed by atoms with Crippen LogP contribution in [0.2, 0.25) is 0 Å². The fraction of sp³-hybridized carbons (Fsp3) is 0.238. The van der Waals surface area contributed by atoms with E-state index in [4.69, 9.17) is 4.74 Å². The van der Waals surface area contributed by atoms with E-state index < -0.39 is 0 Å². The number of para-hydroxylation sites is 2. The molecule has 0 aliphatic carbocycles. The van der Waals surface area contributed by atoms with Crippen molar-refractivity contribution < 1.29 is 9.53 Å². The van der Waals surface area contributed by atoms with E-state index in [9.17, 15) is 9.59 Å². The average molecular weight is 376 g/mol. The van der Waals surface area contributed by atoms with Crippen LogP contribution in [0.1, 0.15) is 18.4 Å². The van der Waals surface area contributed by atoms with Gasteiger partial charge in [-0.2, -0.15) is 5.10 Å². The summed E-state index contributed by atoms with van der Waals surface area (Å²) < 4.78 is 8.38. The van der Waals surface area contributed by atoms with Crippen LogP contribution in [-0.2, 0) is 29.5 Å². The van der Waals surface area contributed by atoms with Crippen LogP contribution in [0.25, 0.3) is 21.8 Å². The van der Waals surface area contributed by atoms with Gasteiger partial charge in [-0.05, 0) is 25.1 Å². The van der Waals surface area contributed by atoms with Crippen LogP contribution in [0.5, 0.6) is 0 Å².